The van der Waals surface area contributed by atoms with E-state index in [-0.39, 0.29) is 11.8 Å². The summed E-state index contributed by atoms with van der Waals surface area (Å²) in [6.45, 7) is 8.07. The highest BCUT2D eigenvalue weighted by molar-refractivity contribution is 6.14. The Hall–Kier alpha value is -1.23. The van der Waals surface area contributed by atoms with Crippen LogP contribution in [0.2, 0.25) is 0 Å². The lowest BCUT2D eigenvalue weighted by Gasteiger charge is -2.34. The Morgan fingerprint density at radius 3 is 2.12 bits per heavy atom. The molecule has 0 radical (unpaired) electrons. The summed E-state index contributed by atoms with van der Waals surface area (Å²) in [6, 6.07) is 0. The van der Waals surface area contributed by atoms with Crippen LogP contribution in [0.4, 0.5) is 0 Å². The molecule has 1 fully saturated rings. The Labute approximate surface area is 153 Å². The number of unbranched alkanes of at least 4 members (excludes halogenated alkanes) is 7. The number of hydrogen-bond acceptors (Lipinski definition) is 4. The molecule has 5 nitrogen and oxygen atoms in total. The first-order chi connectivity index (χ1) is 12.1. The molecule has 0 aromatic carbocycles. The van der Waals surface area contributed by atoms with E-state index >= 15 is 0 Å². The first-order valence-corrected chi connectivity index (χ1v) is 10.2. The summed E-state index contributed by atoms with van der Waals surface area (Å²) in [5.74, 6) is 0.573. The van der Waals surface area contributed by atoms with Crippen molar-refractivity contribution in [3.8, 4) is 0 Å². The highest BCUT2D eigenvalue weighted by Crippen LogP contribution is 2.20. The Morgan fingerprint density at radius 1 is 0.920 bits per heavy atom. The maximum atomic E-state index is 12.5. The van der Waals surface area contributed by atoms with Crippen molar-refractivity contribution in [1.29, 1.82) is 0 Å². The summed E-state index contributed by atoms with van der Waals surface area (Å²) < 4.78 is 0. The van der Waals surface area contributed by atoms with Crippen molar-refractivity contribution in [3.05, 3.63) is 0 Å². The first-order valence-electron chi connectivity index (χ1n) is 10.2. The predicted molar refractivity (Wildman–Crippen MR) is 105 cm³/mol. The van der Waals surface area contributed by atoms with Crippen LogP contribution < -0.4 is 0 Å². The Bertz CT molecular complexity index is 478. The normalized spacial score (nSPS) is 22.1. The van der Waals surface area contributed by atoms with E-state index in [2.05, 4.69) is 33.8 Å². The van der Waals surface area contributed by atoms with Crippen LogP contribution in [0.15, 0.2) is 9.98 Å². The number of rotatable bonds is 9. The van der Waals surface area contributed by atoms with Gasteiger partial charge in [0.1, 0.15) is 0 Å². The molecule has 0 aliphatic carbocycles. The molecule has 1 atom stereocenters. The van der Waals surface area contributed by atoms with Gasteiger partial charge < -0.3 is 9.80 Å². The number of aliphatic imine (C=N–C) groups is 2. The zero-order valence-corrected chi connectivity index (χ0v) is 16.5. The van der Waals surface area contributed by atoms with E-state index < -0.39 is 0 Å². The molecule has 1 unspecified atom stereocenters. The SMILES string of the molecule is CCCCCCCCCCC1C(=O)N=C(N2CCN(C)CC2)N=C1C. The largest absolute Gasteiger partial charge is 0.338 e. The number of likely N-dealkylation sites (N-methyl/N-ethyl adjacent to an activating group) is 1. The van der Waals surface area contributed by atoms with Gasteiger partial charge in [-0.05, 0) is 20.4 Å². The summed E-state index contributed by atoms with van der Waals surface area (Å²) in [6.07, 6.45) is 11.2. The molecule has 0 aromatic rings. The number of nitrogens with zero attached hydrogens (tertiary/aromatic N) is 4. The molecule has 1 amide bonds. The second-order valence-corrected chi connectivity index (χ2v) is 7.61. The van der Waals surface area contributed by atoms with Crippen molar-refractivity contribution in [2.45, 2.75) is 71.6 Å². The van der Waals surface area contributed by atoms with Crippen molar-refractivity contribution >= 4 is 17.6 Å². The molecule has 5 heteroatoms. The van der Waals surface area contributed by atoms with Gasteiger partial charge in [0.2, 0.25) is 5.96 Å². The van der Waals surface area contributed by atoms with Gasteiger partial charge in [0, 0.05) is 31.9 Å². The summed E-state index contributed by atoms with van der Waals surface area (Å²) in [5.41, 5.74) is 0.955. The van der Waals surface area contributed by atoms with Gasteiger partial charge in [-0.3, -0.25) is 4.79 Å². The van der Waals surface area contributed by atoms with Crippen molar-refractivity contribution < 1.29 is 4.79 Å². The van der Waals surface area contributed by atoms with Crippen LogP contribution >= 0.6 is 0 Å². The third-order valence-electron chi connectivity index (χ3n) is 5.42. The first kappa shape index (κ1) is 20.1. The van der Waals surface area contributed by atoms with Crippen LogP contribution in [0, 0.1) is 5.92 Å². The van der Waals surface area contributed by atoms with Crippen LogP contribution in [0.25, 0.3) is 0 Å². The molecule has 25 heavy (non-hydrogen) atoms. The molecule has 142 valence electrons. The minimum absolute atomic E-state index is 0.0179. The van der Waals surface area contributed by atoms with Gasteiger partial charge in [0.25, 0.3) is 5.91 Å². The number of hydrogen-bond donors (Lipinski definition) is 0. The van der Waals surface area contributed by atoms with Gasteiger partial charge in [-0.2, -0.15) is 4.99 Å². The van der Waals surface area contributed by atoms with Gasteiger partial charge in [-0.1, -0.05) is 58.3 Å². The zero-order chi connectivity index (χ0) is 18.1. The topological polar surface area (TPSA) is 48.3 Å². The van der Waals surface area contributed by atoms with Crippen LogP contribution in [-0.2, 0) is 4.79 Å². The fraction of sp³-hybridized carbons (Fsp3) is 0.850. The van der Waals surface area contributed by atoms with Gasteiger partial charge in [-0.15, -0.1) is 0 Å². The minimum Gasteiger partial charge on any atom is -0.338 e. The molecule has 2 aliphatic heterocycles. The van der Waals surface area contributed by atoms with Crippen LogP contribution in [0.5, 0.6) is 0 Å². The van der Waals surface area contributed by atoms with Crippen molar-refractivity contribution in [3.63, 3.8) is 0 Å². The number of carbonyl (C=O) groups excluding carboxylic acids is 1. The van der Waals surface area contributed by atoms with Crippen molar-refractivity contribution in [1.82, 2.24) is 9.80 Å². The van der Waals surface area contributed by atoms with Crippen LogP contribution in [0.1, 0.15) is 71.6 Å². The molecular formula is C20H36N4O. The lowest BCUT2D eigenvalue weighted by atomic mass is 9.94. The second kappa shape index (κ2) is 10.7. The Morgan fingerprint density at radius 2 is 1.52 bits per heavy atom. The molecular weight excluding hydrogens is 312 g/mol. The quantitative estimate of drug-likeness (QED) is 0.596. The maximum absolute atomic E-state index is 12.5. The molecule has 1 saturated heterocycles. The summed E-state index contributed by atoms with van der Waals surface area (Å²) in [7, 11) is 2.12. The van der Waals surface area contributed by atoms with Gasteiger partial charge in [0.15, 0.2) is 0 Å². The average Bonchev–Trinajstić information content (AvgIpc) is 2.59. The van der Waals surface area contributed by atoms with Crippen molar-refractivity contribution in [2.75, 3.05) is 33.2 Å². The van der Waals surface area contributed by atoms with E-state index in [1.807, 2.05) is 6.92 Å². The lowest BCUT2D eigenvalue weighted by Crippen LogP contribution is -2.48. The van der Waals surface area contributed by atoms with Gasteiger partial charge in [0.05, 0.1) is 5.92 Å². The number of amides is 1. The molecule has 0 bridgehead atoms. The third kappa shape index (κ3) is 6.53. The number of carbonyl (C=O) groups is 1. The minimum atomic E-state index is -0.0868. The third-order valence-corrected chi connectivity index (χ3v) is 5.42. The second-order valence-electron chi connectivity index (χ2n) is 7.61. The van der Waals surface area contributed by atoms with E-state index in [9.17, 15) is 4.79 Å². The standard InChI is InChI=1S/C20H36N4O/c1-4-5-6-7-8-9-10-11-12-18-17(2)21-20(22-19(18)25)24-15-13-23(3)14-16-24/h18H,4-16H2,1-3H3. The Balaban J connectivity index is 1.70. The van der Waals surface area contributed by atoms with Crippen LogP contribution in [-0.4, -0.2) is 60.6 Å². The van der Waals surface area contributed by atoms with E-state index in [4.69, 9.17) is 0 Å². The molecule has 2 aliphatic rings. The van der Waals surface area contributed by atoms with E-state index in [0.717, 1.165) is 44.7 Å². The number of guanidine groups is 1. The monoisotopic (exact) mass is 348 g/mol. The Kier molecular flexibility index (Phi) is 8.59. The molecule has 0 N–H and O–H groups in total. The van der Waals surface area contributed by atoms with Gasteiger partial charge >= 0.3 is 0 Å². The van der Waals surface area contributed by atoms with Crippen molar-refractivity contribution in [2.24, 2.45) is 15.9 Å². The fourth-order valence-electron chi connectivity index (χ4n) is 3.58. The number of piperazine rings is 1. The zero-order valence-electron chi connectivity index (χ0n) is 16.5. The highest BCUT2D eigenvalue weighted by atomic mass is 16.1. The van der Waals surface area contributed by atoms with E-state index in [1.165, 1.54) is 44.9 Å². The molecule has 2 heterocycles. The summed E-state index contributed by atoms with van der Waals surface area (Å²) in [4.78, 5) is 25.9. The van der Waals surface area contributed by atoms with E-state index in [1.54, 1.807) is 0 Å². The molecule has 0 spiro atoms. The van der Waals surface area contributed by atoms with Crippen LogP contribution in [0.3, 0.4) is 0 Å². The fourth-order valence-corrected chi connectivity index (χ4v) is 3.58. The lowest BCUT2D eigenvalue weighted by molar-refractivity contribution is -0.120. The molecule has 2 rings (SSSR count). The smallest absolute Gasteiger partial charge is 0.257 e. The maximum Gasteiger partial charge on any atom is 0.257 e. The van der Waals surface area contributed by atoms with E-state index in [0.29, 0.717) is 5.96 Å². The summed E-state index contributed by atoms with van der Waals surface area (Å²) >= 11 is 0. The summed E-state index contributed by atoms with van der Waals surface area (Å²) in [5, 5.41) is 0. The van der Waals surface area contributed by atoms with Gasteiger partial charge in [-0.25, -0.2) is 4.99 Å². The highest BCUT2D eigenvalue weighted by Gasteiger charge is 2.28. The molecule has 0 saturated carbocycles. The predicted octanol–water partition coefficient (Wildman–Crippen LogP) is 3.74. The average molecular weight is 349 g/mol. The molecule has 0 aromatic heterocycles.